The predicted octanol–water partition coefficient (Wildman–Crippen LogP) is 7.40. The highest BCUT2D eigenvalue weighted by molar-refractivity contribution is 4.48. The van der Waals surface area contributed by atoms with Crippen LogP contribution in [-0.2, 0) is 37.9 Å². The second-order valence-corrected chi connectivity index (χ2v) is 10.8. The summed E-state index contributed by atoms with van der Waals surface area (Å²) in [5, 5.41) is 0. The van der Waals surface area contributed by atoms with Gasteiger partial charge in [-0.25, -0.2) is 0 Å². The minimum absolute atomic E-state index is 0.554. The van der Waals surface area contributed by atoms with Gasteiger partial charge < -0.3 is 37.9 Å². The highest BCUT2D eigenvalue weighted by Crippen LogP contribution is 2.10. The van der Waals surface area contributed by atoms with Gasteiger partial charge in [0.2, 0.25) is 0 Å². The van der Waals surface area contributed by atoms with Crippen LogP contribution in [-0.4, -0.2) is 106 Å². The van der Waals surface area contributed by atoms with Crippen molar-refractivity contribution in [3.8, 4) is 0 Å². The van der Waals surface area contributed by atoms with Crippen molar-refractivity contribution in [2.75, 3.05) is 106 Å². The van der Waals surface area contributed by atoms with Crippen LogP contribution >= 0.6 is 0 Å². The van der Waals surface area contributed by atoms with Crippen LogP contribution in [0.3, 0.4) is 0 Å². The lowest BCUT2D eigenvalue weighted by atomic mass is 10.1. The summed E-state index contributed by atoms with van der Waals surface area (Å²) < 4.78 is 44.3. The van der Waals surface area contributed by atoms with E-state index in [0.29, 0.717) is 92.5 Å². The van der Waals surface area contributed by atoms with Crippen molar-refractivity contribution < 1.29 is 37.9 Å². The van der Waals surface area contributed by atoms with Crippen LogP contribution in [0.5, 0.6) is 0 Å². The molecule has 0 radical (unpaired) electrons. The van der Waals surface area contributed by atoms with E-state index in [-0.39, 0.29) is 0 Å². The molecule has 8 heteroatoms. The average Bonchev–Trinajstić information content (AvgIpc) is 3.00. The average molecular weight is 607 g/mol. The Morgan fingerprint density at radius 2 is 0.357 bits per heavy atom. The topological polar surface area (TPSA) is 73.8 Å². The summed E-state index contributed by atoms with van der Waals surface area (Å²) in [5.74, 6) is 0. The van der Waals surface area contributed by atoms with Gasteiger partial charge in [0.25, 0.3) is 0 Å². The Morgan fingerprint density at radius 3 is 0.571 bits per heavy atom. The van der Waals surface area contributed by atoms with E-state index in [2.05, 4.69) is 13.8 Å². The third-order valence-electron chi connectivity index (χ3n) is 6.89. The first kappa shape index (κ1) is 41.7. The molecule has 0 aromatic rings. The van der Waals surface area contributed by atoms with Gasteiger partial charge in [0.1, 0.15) is 0 Å². The van der Waals surface area contributed by atoms with Crippen molar-refractivity contribution in [2.45, 2.75) is 117 Å². The molecule has 0 aromatic carbocycles. The third kappa shape index (κ3) is 39.7. The molecule has 0 aliphatic rings. The Labute approximate surface area is 260 Å². The van der Waals surface area contributed by atoms with E-state index in [4.69, 9.17) is 37.9 Å². The zero-order chi connectivity index (χ0) is 30.3. The first-order valence-corrected chi connectivity index (χ1v) is 17.5. The predicted molar refractivity (Wildman–Crippen MR) is 172 cm³/mol. The molecule has 0 fully saturated rings. The van der Waals surface area contributed by atoms with E-state index >= 15 is 0 Å². The van der Waals surface area contributed by atoms with Crippen molar-refractivity contribution in [1.82, 2.24) is 0 Å². The fraction of sp³-hybridized carbons (Fsp3) is 1.00. The molecular weight excluding hydrogens is 536 g/mol. The maximum absolute atomic E-state index is 5.65. The van der Waals surface area contributed by atoms with Crippen molar-refractivity contribution in [1.29, 1.82) is 0 Å². The standard InChI is InChI=1S/C34H70O8/c1-3-5-7-9-11-12-13-14-16-18-20-36-22-24-38-26-28-40-30-32-42-34-33-41-31-29-39-27-25-37-23-21-35-19-17-15-10-8-6-4-2/h3-34H2,1-2H3. The molecule has 0 saturated heterocycles. The zero-order valence-electron chi connectivity index (χ0n) is 27.9. The number of unbranched alkanes of at least 4 members (excludes halogenated alkanes) is 14. The molecule has 0 N–H and O–H groups in total. The molecule has 0 aromatic heterocycles. The second kappa shape index (κ2) is 40.7. The second-order valence-electron chi connectivity index (χ2n) is 10.8. The summed E-state index contributed by atoms with van der Waals surface area (Å²) in [6.07, 6.45) is 21.2. The molecule has 0 amide bonds. The highest BCUT2D eigenvalue weighted by Gasteiger charge is 1.97. The minimum atomic E-state index is 0.554. The summed E-state index contributed by atoms with van der Waals surface area (Å²) >= 11 is 0. The molecule has 0 rings (SSSR count). The third-order valence-corrected chi connectivity index (χ3v) is 6.89. The summed E-state index contributed by atoms with van der Waals surface area (Å²) in [6.45, 7) is 14.4. The molecule has 0 unspecified atom stereocenters. The van der Waals surface area contributed by atoms with Crippen LogP contribution in [0.1, 0.15) is 117 Å². The van der Waals surface area contributed by atoms with Gasteiger partial charge in [-0.2, -0.15) is 0 Å². The lowest BCUT2D eigenvalue weighted by Gasteiger charge is -2.09. The zero-order valence-corrected chi connectivity index (χ0v) is 27.9. The number of rotatable bonds is 39. The molecule has 0 bridgehead atoms. The molecule has 0 atom stereocenters. The first-order chi connectivity index (χ1) is 20.9. The molecule has 0 saturated carbocycles. The van der Waals surface area contributed by atoms with Crippen LogP contribution in [0, 0.1) is 0 Å². The monoisotopic (exact) mass is 607 g/mol. The van der Waals surface area contributed by atoms with E-state index in [1.54, 1.807) is 0 Å². The molecule has 0 aliphatic carbocycles. The Bertz CT molecular complexity index is 415. The van der Waals surface area contributed by atoms with Crippen LogP contribution in [0.4, 0.5) is 0 Å². The summed E-state index contributed by atoms with van der Waals surface area (Å²) in [6, 6.07) is 0. The summed E-state index contributed by atoms with van der Waals surface area (Å²) in [4.78, 5) is 0. The number of hydrogen-bond acceptors (Lipinski definition) is 8. The molecule has 0 aliphatic heterocycles. The number of ether oxygens (including phenoxy) is 8. The lowest BCUT2D eigenvalue weighted by Crippen LogP contribution is -2.15. The van der Waals surface area contributed by atoms with E-state index < -0.39 is 0 Å². The van der Waals surface area contributed by atoms with Gasteiger partial charge in [-0.15, -0.1) is 0 Å². The highest BCUT2D eigenvalue weighted by atomic mass is 16.6. The molecular formula is C34H70O8. The van der Waals surface area contributed by atoms with E-state index in [1.165, 1.54) is 89.9 Å². The maximum atomic E-state index is 5.65. The Morgan fingerprint density at radius 1 is 0.190 bits per heavy atom. The van der Waals surface area contributed by atoms with Gasteiger partial charge in [0, 0.05) is 13.2 Å². The molecule has 0 spiro atoms. The van der Waals surface area contributed by atoms with E-state index in [1.807, 2.05) is 0 Å². The van der Waals surface area contributed by atoms with E-state index in [0.717, 1.165) is 26.1 Å². The lowest BCUT2D eigenvalue weighted by molar-refractivity contribution is -0.0232. The van der Waals surface area contributed by atoms with Gasteiger partial charge in [-0.05, 0) is 12.8 Å². The largest absolute Gasteiger partial charge is 0.379 e. The quantitative estimate of drug-likeness (QED) is 0.0670. The van der Waals surface area contributed by atoms with Gasteiger partial charge in [0.05, 0.1) is 92.5 Å². The van der Waals surface area contributed by atoms with Crippen LogP contribution in [0.15, 0.2) is 0 Å². The van der Waals surface area contributed by atoms with Crippen molar-refractivity contribution in [3.05, 3.63) is 0 Å². The molecule has 254 valence electrons. The van der Waals surface area contributed by atoms with Gasteiger partial charge in [-0.3, -0.25) is 0 Å². The maximum Gasteiger partial charge on any atom is 0.0701 e. The van der Waals surface area contributed by atoms with Crippen molar-refractivity contribution >= 4 is 0 Å². The summed E-state index contributed by atoms with van der Waals surface area (Å²) in [7, 11) is 0. The number of hydrogen-bond donors (Lipinski definition) is 0. The van der Waals surface area contributed by atoms with Gasteiger partial charge in [-0.1, -0.05) is 104 Å². The Balaban J connectivity index is 3.02. The smallest absolute Gasteiger partial charge is 0.0701 e. The van der Waals surface area contributed by atoms with Gasteiger partial charge >= 0.3 is 0 Å². The van der Waals surface area contributed by atoms with E-state index in [9.17, 15) is 0 Å². The van der Waals surface area contributed by atoms with Crippen LogP contribution < -0.4 is 0 Å². The fourth-order valence-electron chi connectivity index (χ4n) is 4.32. The normalized spacial score (nSPS) is 11.6. The van der Waals surface area contributed by atoms with Crippen molar-refractivity contribution in [3.63, 3.8) is 0 Å². The van der Waals surface area contributed by atoms with Crippen LogP contribution in [0.2, 0.25) is 0 Å². The Kier molecular flexibility index (Phi) is 40.4. The molecule has 42 heavy (non-hydrogen) atoms. The minimum Gasteiger partial charge on any atom is -0.379 e. The van der Waals surface area contributed by atoms with Gasteiger partial charge in [0.15, 0.2) is 0 Å². The fourth-order valence-corrected chi connectivity index (χ4v) is 4.32. The SMILES string of the molecule is CCCCCCCCCCCCOCCOCCOCCOCCOCCOCCOCCOCCCCCCCC. The molecule has 8 nitrogen and oxygen atoms in total. The van der Waals surface area contributed by atoms with Crippen molar-refractivity contribution in [2.24, 2.45) is 0 Å². The summed E-state index contributed by atoms with van der Waals surface area (Å²) in [5.41, 5.74) is 0. The Hall–Kier alpha value is -0.320. The van der Waals surface area contributed by atoms with Crippen LogP contribution in [0.25, 0.3) is 0 Å². The molecule has 0 heterocycles. The first-order valence-electron chi connectivity index (χ1n) is 17.5.